The quantitative estimate of drug-likeness (QED) is 0.441. The topological polar surface area (TPSA) is 71.9 Å². The Morgan fingerprint density at radius 2 is 1.78 bits per heavy atom. The van der Waals surface area contributed by atoms with Gasteiger partial charge in [0, 0.05) is 24.5 Å². The molecule has 0 radical (unpaired) electrons. The van der Waals surface area contributed by atoms with Crippen molar-refractivity contribution in [3.63, 3.8) is 0 Å². The van der Waals surface area contributed by atoms with Crippen molar-refractivity contribution in [1.29, 1.82) is 0 Å². The number of benzene rings is 2. The molecule has 0 saturated heterocycles. The zero-order valence-corrected chi connectivity index (χ0v) is 22.0. The van der Waals surface area contributed by atoms with Crippen molar-refractivity contribution in [3.05, 3.63) is 88.2 Å². The number of pyridine rings is 1. The smallest absolute Gasteiger partial charge is 0.471 e. The maximum absolute atomic E-state index is 12.2. The number of methoxy groups -OCH3 is 1. The second-order valence-corrected chi connectivity index (χ2v) is 10.0. The number of carbonyl (C=O) groups is 1. The first kappa shape index (κ1) is 26.9. The first-order valence-electron chi connectivity index (χ1n) is 11.5. The molecule has 37 heavy (non-hydrogen) atoms. The maximum Gasteiger partial charge on any atom is 0.471 e. The van der Waals surface area contributed by atoms with Gasteiger partial charge in [-0.1, -0.05) is 58.4 Å². The van der Waals surface area contributed by atoms with Crippen LogP contribution in [-0.4, -0.2) is 48.3 Å². The molecule has 3 aromatic rings. The third kappa shape index (κ3) is 4.57. The number of amides is 1. The average molecular weight is 579 g/mol. The zero-order chi connectivity index (χ0) is 27.0. The van der Waals surface area contributed by atoms with E-state index in [0.29, 0.717) is 28.4 Å². The van der Waals surface area contributed by atoms with Crippen molar-refractivity contribution >= 4 is 21.8 Å². The summed E-state index contributed by atoms with van der Waals surface area (Å²) in [6.07, 6.45) is -0.0224. The number of alkyl halides is 3. The van der Waals surface area contributed by atoms with Crippen LogP contribution in [0.2, 0.25) is 0 Å². The molecule has 2 aliphatic rings. The molecule has 1 saturated carbocycles. The summed E-state index contributed by atoms with van der Waals surface area (Å²) in [5.41, 5.74) is 0.661. The summed E-state index contributed by atoms with van der Waals surface area (Å²) in [5, 5.41) is 12.2. The number of rotatable bonds is 3. The van der Waals surface area contributed by atoms with Gasteiger partial charge in [0.05, 0.1) is 25.1 Å². The fourth-order valence-electron chi connectivity index (χ4n) is 5.27. The number of fused-ring (bicyclic) bond motifs is 3. The molecule has 3 unspecified atom stereocenters. The van der Waals surface area contributed by atoms with Crippen LogP contribution < -0.4 is 9.47 Å². The van der Waals surface area contributed by atoms with Crippen molar-refractivity contribution in [2.24, 2.45) is 0 Å². The Labute approximate surface area is 221 Å². The number of ether oxygens (including phenoxy) is 2. The molecule has 3 atom stereocenters. The highest BCUT2D eigenvalue weighted by atomic mass is 79.9. The third-order valence-electron chi connectivity index (χ3n) is 6.80. The summed E-state index contributed by atoms with van der Waals surface area (Å²) in [6.45, 7) is 0. The van der Waals surface area contributed by atoms with Gasteiger partial charge in [-0.15, -0.1) is 0 Å². The van der Waals surface area contributed by atoms with Crippen LogP contribution >= 0.6 is 15.9 Å². The number of carbonyl (C=O) groups excluding carboxylic acids is 1. The van der Waals surface area contributed by atoms with Crippen molar-refractivity contribution in [2.45, 2.75) is 36.1 Å². The van der Waals surface area contributed by atoms with Crippen LogP contribution in [-0.2, 0) is 16.0 Å². The van der Waals surface area contributed by atoms with Crippen molar-refractivity contribution < 1.29 is 32.5 Å². The first-order chi connectivity index (χ1) is 17.5. The highest BCUT2D eigenvalue weighted by Gasteiger charge is 2.69. The van der Waals surface area contributed by atoms with Gasteiger partial charge in [0.2, 0.25) is 0 Å². The minimum absolute atomic E-state index is 0.00279. The second-order valence-electron chi connectivity index (χ2n) is 9.12. The molecule has 0 bridgehead atoms. The number of aliphatic hydroxyl groups is 1. The Hall–Kier alpha value is -3.11. The van der Waals surface area contributed by atoms with E-state index in [1.807, 2.05) is 42.5 Å². The van der Waals surface area contributed by atoms with E-state index in [0.717, 1.165) is 36.1 Å². The molecule has 6 nitrogen and oxygen atoms in total. The van der Waals surface area contributed by atoms with Gasteiger partial charge in [-0.25, -0.2) is 0 Å². The largest absolute Gasteiger partial charge is 0.495 e. The van der Waals surface area contributed by atoms with Crippen LogP contribution in [0.1, 0.15) is 35.4 Å². The van der Waals surface area contributed by atoms with Gasteiger partial charge in [0.25, 0.3) is 0 Å². The Balaban J connectivity index is 0.000000307. The predicted molar refractivity (Wildman–Crippen MR) is 134 cm³/mol. The fraction of sp³-hybridized carbons (Fsp3) is 0.333. The molecule has 5 rings (SSSR count). The van der Waals surface area contributed by atoms with E-state index >= 15 is 0 Å². The summed E-state index contributed by atoms with van der Waals surface area (Å²) >= 11 is 3.52. The molecule has 1 aliphatic carbocycles. The van der Waals surface area contributed by atoms with Crippen molar-refractivity contribution in [3.8, 4) is 11.5 Å². The number of aromatic nitrogens is 1. The van der Waals surface area contributed by atoms with Crippen LogP contribution in [0.3, 0.4) is 0 Å². The second kappa shape index (κ2) is 9.98. The van der Waals surface area contributed by atoms with Crippen LogP contribution in [0.15, 0.2) is 71.5 Å². The SMILES string of the molecule is CN(C)C(=O)C(F)(F)F.COc1cncc2c1C1(O)CCC(c3ccccc3)C1(c1ccc(Br)cc1)O2. The van der Waals surface area contributed by atoms with Crippen LogP contribution in [0.25, 0.3) is 0 Å². The van der Waals surface area contributed by atoms with E-state index in [2.05, 4.69) is 33.0 Å². The lowest BCUT2D eigenvalue weighted by Crippen LogP contribution is -2.48. The molecule has 1 N–H and O–H groups in total. The molecule has 2 aromatic carbocycles. The van der Waals surface area contributed by atoms with E-state index in [1.165, 1.54) is 0 Å². The predicted octanol–water partition coefficient (Wildman–Crippen LogP) is 5.54. The van der Waals surface area contributed by atoms with Crippen molar-refractivity contribution in [2.75, 3.05) is 21.2 Å². The monoisotopic (exact) mass is 578 g/mol. The minimum Gasteiger partial charge on any atom is -0.495 e. The summed E-state index contributed by atoms with van der Waals surface area (Å²) in [4.78, 5) is 14.7. The normalized spacial score (nSPS) is 23.7. The molecule has 0 spiro atoms. The third-order valence-corrected chi connectivity index (χ3v) is 7.33. The Morgan fingerprint density at radius 3 is 2.32 bits per heavy atom. The van der Waals surface area contributed by atoms with E-state index in [-0.39, 0.29) is 5.92 Å². The van der Waals surface area contributed by atoms with Gasteiger partial charge in [-0.05, 0) is 36.1 Å². The maximum atomic E-state index is 12.2. The van der Waals surface area contributed by atoms with Crippen LogP contribution in [0, 0.1) is 0 Å². The summed E-state index contributed by atoms with van der Waals surface area (Å²) < 4.78 is 47.1. The van der Waals surface area contributed by atoms with Gasteiger partial charge in [-0.3, -0.25) is 9.78 Å². The van der Waals surface area contributed by atoms with Gasteiger partial charge >= 0.3 is 12.1 Å². The zero-order valence-electron chi connectivity index (χ0n) is 20.4. The average Bonchev–Trinajstić information content (AvgIpc) is 3.31. The molecule has 196 valence electrons. The van der Waals surface area contributed by atoms with Crippen LogP contribution in [0.4, 0.5) is 13.2 Å². The molecular weight excluding hydrogens is 553 g/mol. The first-order valence-corrected chi connectivity index (χ1v) is 12.3. The molecule has 1 fully saturated rings. The Morgan fingerprint density at radius 1 is 1.14 bits per heavy atom. The number of hydrogen-bond acceptors (Lipinski definition) is 5. The summed E-state index contributed by atoms with van der Waals surface area (Å²) in [5.74, 6) is -0.683. The van der Waals surface area contributed by atoms with Crippen molar-refractivity contribution in [1.82, 2.24) is 9.88 Å². The molecule has 10 heteroatoms. The Kier molecular flexibility index (Phi) is 7.27. The van der Waals surface area contributed by atoms with Gasteiger partial charge in [0.15, 0.2) is 5.60 Å². The molecular formula is C27H26BrF3N2O4. The van der Waals surface area contributed by atoms with E-state index in [9.17, 15) is 23.1 Å². The highest BCUT2D eigenvalue weighted by Crippen LogP contribution is 2.67. The molecule has 1 aliphatic heterocycles. The fourth-order valence-corrected chi connectivity index (χ4v) is 5.53. The highest BCUT2D eigenvalue weighted by molar-refractivity contribution is 9.10. The lowest BCUT2D eigenvalue weighted by molar-refractivity contribution is -0.182. The minimum atomic E-state index is -4.73. The Bertz CT molecular complexity index is 1270. The molecule has 1 aromatic heterocycles. The number of nitrogens with zero attached hydrogens (tertiary/aromatic N) is 2. The van der Waals surface area contributed by atoms with Gasteiger partial charge < -0.3 is 19.5 Å². The number of halogens is 4. The lowest BCUT2D eigenvalue weighted by atomic mass is 9.72. The van der Waals surface area contributed by atoms with Gasteiger partial charge in [-0.2, -0.15) is 13.2 Å². The number of hydrogen-bond donors (Lipinski definition) is 1. The lowest BCUT2D eigenvalue weighted by Gasteiger charge is -2.40. The van der Waals surface area contributed by atoms with Gasteiger partial charge in [0.1, 0.15) is 17.1 Å². The molecule has 2 heterocycles. The van der Waals surface area contributed by atoms with E-state index in [4.69, 9.17) is 9.47 Å². The van der Waals surface area contributed by atoms with E-state index < -0.39 is 23.3 Å². The molecule has 1 amide bonds. The summed E-state index contributed by atoms with van der Waals surface area (Å²) in [6, 6.07) is 18.3. The standard InChI is InChI=1S/C23H20BrNO3.C4H6F3NO/c1-27-19-13-25-14-20-21(19)22(26)12-11-18(15-5-3-2-4-6-15)23(22,28-20)16-7-9-17(24)10-8-16;1-8(2)3(9)4(5,6)7/h2-10,13-14,18,26H,11-12H2,1H3;1-2H3. The van der Waals surface area contributed by atoms with E-state index in [1.54, 1.807) is 19.5 Å². The summed E-state index contributed by atoms with van der Waals surface area (Å²) in [7, 11) is 3.70. The van der Waals surface area contributed by atoms with Crippen LogP contribution in [0.5, 0.6) is 11.5 Å².